The molecule has 0 saturated heterocycles. The Morgan fingerprint density at radius 2 is 2.44 bits per heavy atom. The van der Waals surface area contributed by atoms with Crippen LogP contribution in [0.15, 0.2) is 5.38 Å². The lowest BCUT2D eigenvalue weighted by Crippen LogP contribution is -2.22. The summed E-state index contributed by atoms with van der Waals surface area (Å²) in [6, 6.07) is -1.02. The van der Waals surface area contributed by atoms with Crippen molar-refractivity contribution in [2.75, 3.05) is 18.5 Å². The summed E-state index contributed by atoms with van der Waals surface area (Å²) in [6.45, 7) is 3.05. The average molecular weight is 243 g/mol. The minimum atomic E-state index is -1.05. The topological polar surface area (TPSA) is 79.5 Å². The van der Waals surface area contributed by atoms with E-state index in [2.05, 4.69) is 11.9 Å². The summed E-state index contributed by atoms with van der Waals surface area (Å²) in [6.07, 6.45) is 2.22. The maximum Gasteiger partial charge on any atom is 0.326 e. The lowest BCUT2D eigenvalue weighted by Gasteiger charge is -2.14. The molecule has 90 valence electrons. The Balaban J connectivity index is 2.67. The van der Waals surface area contributed by atoms with Gasteiger partial charge in [-0.1, -0.05) is 13.3 Å². The maximum atomic E-state index is 10.7. The highest BCUT2D eigenvalue weighted by Crippen LogP contribution is 2.22. The summed E-state index contributed by atoms with van der Waals surface area (Å²) in [7, 11) is 1.95. The number of anilines is 1. The molecule has 0 saturated carbocycles. The Kier molecular flexibility index (Phi) is 4.70. The van der Waals surface area contributed by atoms with Gasteiger partial charge >= 0.3 is 5.97 Å². The number of hydrogen-bond donors (Lipinski definition) is 2. The van der Waals surface area contributed by atoms with Crippen molar-refractivity contribution < 1.29 is 9.90 Å². The quantitative estimate of drug-likeness (QED) is 0.790. The van der Waals surface area contributed by atoms with E-state index in [9.17, 15) is 4.79 Å². The van der Waals surface area contributed by atoms with E-state index in [-0.39, 0.29) is 0 Å². The fourth-order valence-electron chi connectivity index (χ4n) is 1.21. The minimum Gasteiger partial charge on any atom is -0.480 e. The predicted octanol–water partition coefficient (Wildman–Crippen LogP) is 1.46. The van der Waals surface area contributed by atoms with Gasteiger partial charge in [-0.2, -0.15) is 0 Å². The number of hydrogen-bond acceptors (Lipinski definition) is 5. The van der Waals surface area contributed by atoms with E-state index in [1.54, 1.807) is 5.38 Å². The normalized spacial score (nSPS) is 12.4. The van der Waals surface area contributed by atoms with E-state index in [0.29, 0.717) is 5.69 Å². The standard InChI is InChI=1S/C10H17N3O2S/c1-3-4-5-13(2)10-12-7(6-16-10)8(11)9(14)15/h6,8H,3-5,11H2,1-2H3,(H,14,15). The lowest BCUT2D eigenvalue weighted by atomic mass is 10.2. The molecule has 0 aliphatic rings. The van der Waals surface area contributed by atoms with Gasteiger partial charge in [0.2, 0.25) is 0 Å². The summed E-state index contributed by atoms with van der Waals surface area (Å²) in [4.78, 5) is 16.9. The molecule has 0 aliphatic carbocycles. The van der Waals surface area contributed by atoms with Crippen molar-refractivity contribution >= 4 is 22.4 Å². The van der Waals surface area contributed by atoms with Crippen molar-refractivity contribution in [2.24, 2.45) is 5.73 Å². The molecule has 0 aliphatic heterocycles. The number of aliphatic carboxylic acids is 1. The minimum absolute atomic E-state index is 0.427. The molecule has 3 N–H and O–H groups in total. The molecular formula is C10H17N3O2S. The molecule has 1 heterocycles. The average Bonchev–Trinajstić information content (AvgIpc) is 2.73. The second-order valence-corrected chi connectivity index (χ2v) is 4.48. The molecule has 16 heavy (non-hydrogen) atoms. The van der Waals surface area contributed by atoms with E-state index < -0.39 is 12.0 Å². The Morgan fingerprint density at radius 3 is 3.00 bits per heavy atom. The Morgan fingerprint density at radius 1 is 1.75 bits per heavy atom. The highest BCUT2D eigenvalue weighted by atomic mass is 32.1. The SMILES string of the molecule is CCCCN(C)c1nc(C(N)C(=O)O)cs1. The predicted molar refractivity (Wildman–Crippen MR) is 64.9 cm³/mol. The van der Waals surface area contributed by atoms with Crippen LogP contribution in [0.2, 0.25) is 0 Å². The highest BCUT2D eigenvalue weighted by Gasteiger charge is 2.18. The number of carbonyl (C=O) groups is 1. The van der Waals surface area contributed by atoms with Crippen LogP contribution in [0, 0.1) is 0 Å². The zero-order valence-electron chi connectivity index (χ0n) is 9.51. The number of carboxylic acid groups (broad SMARTS) is 1. The molecule has 0 spiro atoms. The van der Waals surface area contributed by atoms with E-state index in [1.165, 1.54) is 11.3 Å². The first-order chi connectivity index (χ1) is 7.56. The van der Waals surface area contributed by atoms with Crippen LogP contribution in [0.4, 0.5) is 5.13 Å². The molecule has 1 aromatic heterocycles. The largest absolute Gasteiger partial charge is 0.480 e. The Hall–Kier alpha value is -1.14. The van der Waals surface area contributed by atoms with Gasteiger partial charge in [0, 0.05) is 19.0 Å². The number of unbranched alkanes of at least 4 members (excludes halogenated alkanes) is 1. The summed E-state index contributed by atoms with van der Waals surface area (Å²) in [5.41, 5.74) is 5.90. The fraction of sp³-hybridized carbons (Fsp3) is 0.600. The molecule has 1 unspecified atom stereocenters. The highest BCUT2D eigenvalue weighted by molar-refractivity contribution is 7.13. The molecule has 1 rings (SSSR count). The summed E-state index contributed by atoms with van der Waals surface area (Å²) >= 11 is 1.43. The Bertz CT molecular complexity index is 354. The van der Waals surface area contributed by atoms with Crippen molar-refractivity contribution in [1.29, 1.82) is 0 Å². The molecule has 0 fully saturated rings. The fourth-order valence-corrected chi connectivity index (χ4v) is 2.07. The zero-order chi connectivity index (χ0) is 12.1. The van der Waals surface area contributed by atoms with Gasteiger partial charge in [0.25, 0.3) is 0 Å². The van der Waals surface area contributed by atoms with Crippen molar-refractivity contribution in [3.05, 3.63) is 11.1 Å². The van der Waals surface area contributed by atoms with Crippen LogP contribution in [0.25, 0.3) is 0 Å². The van der Waals surface area contributed by atoms with Crippen LogP contribution < -0.4 is 10.6 Å². The second-order valence-electron chi connectivity index (χ2n) is 3.65. The van der Waals surface area contributed by atoms with Crippen LogP contribution in [-0.2, 0) is 4.79 Å². The van der Waals surface area contributed by atoms with Gasteiger partial charge in [-0.15, -0.1) is 11.3 Å². The third-order valence-corrected chi connectivity index (χ3v) is 3.24. The van der Waals surface area contributed by atoms with E-state index in [4.69, 9.17) is 10.8 Å². The molecule has 1 atom stereocenters. The van der Waals surface area contributed by atoms with Gasteiger partial charge in [0.15, 0.2) is 5.13 Å². The molecule has 0 bridgehead atoms. The molecule has 5 nitrogen and oxygen atoms in total. The number of aromatic nitrogens is 1. The van der Waals surface area contributed by atoms with Gasteiger partial charge in [-0.3, -0.25) is 4.79 Å². The van der Waals surface area contributed by atoms with Crippen molar-refractivity contribution in [3.63, 3.8) is 0 Å². The van der Waals surface area contributed by atoms with Crippen LogP contribution in [-0.4, -0.2) is 29.7 Å². The van der Waals surface area contributed by atoms with Gasteiger partial charge in [-0.25, -0.2) is 4.98 Å². The van der Waals surface area contributed by atoms with Crippen molar-refractivity contribution in [3.8, 4) is 0 Å². The second kappa shape index (κ2) is 5.81. The van der Waals surface area contributed by atoms with Crippen LogP contribution in [0.1, 0.15) is 31.5 Å². The smallest absolute Gasteiger partial charge is 0.326 e. The molecular weight excluding hydrogens is 226 g/mol. The van der Waals surface area contributed by atoms with Crippen LogP contribution in [0.5, 0.6) is 0 Å². The first-order valence-corrected chi connectivity index (χ1v) is 6.09. The number of carboxylic acids is 1. The Labute approximate surface area is 98.9 Å². The summed E-state index contributed by atoms with van der Waals surface area (Å²) in [5, 5.41) is 11.3. The molecule has 0 aromatic carbocycles. The van der Waals surface area contributed by atoms with E-state index >= 15 is 0 Å². The number of rotatable bonds is 6. The zero-order valence-corrected chi connectivity index (χ0v) is 10.3. The number of nitrogens with zero attached hydrogens (tertiary/aromatic N) is 2. The molecule has 6 heteroatoms. The lowest BCUT2D eigenvalue weighted by molar-refractivity contribution is -0.138. The first-order valence-electron chi connectivity index (χ1n) is 5.21. The summed E-state index contributed by atoms with van der Waals surface area (Å²) in [5.74, 6) is -1.05. The number of nitrogens with two attached hydrogens (primary N) is 1. The van der Waals surface area contributed by atoms with Crippen molar-refractivity contribution in [2.45, 2.75) is 25.8 Å². The maximum absolute atomic E-state index is 10.7. The van der Waals surface area contributed by atoms with E-state index in [0.717, 1.165) is 24.5 Å². The number of thiazole rings is 1. The molecule has 0 amide bonds. The van der Waals surface area contributed by atoms with Crippen molar-refractivity contribution in [1.82, 2.24) is 4.98 Å². The molecule has 1 aromatic rings. The third kappa shape index (κ3) is 3.18. The first kappa shape index (κ1) is 12.9. The summed E-state index contributed by atoms with van der Waals surface area (Å²) < 4.78 is 0. The van der Waals surface area contributed by atoms with Gasteiger partial charge in [0.05, 0.1) is 5.69 Å². The van der Waals surface area contributed by atoms with Gasteiger partial charge in [0.1, 0.15) is 6.04 Å². The monoisotopic (exact) mass is 243 g/mol. The van der Waals surface area contributed by atoms with Crippen LogP contribution >= 0.6 is 11.3 Å². The van der Waals surface area contributed by atoms with Crippen LogP contribution in [0.3, 0.4) is 0 Å². The van der Waals surface area contributed by atoms with E-state index in [1.807, 2.05) is 11.9 Å². The third-order valence-electron chi connectivity index (χ3n) is 2.27. The van der Waals surface area contributed by atoms with Gasteiger partial charge < -0.3 is 15.7 Å². The molecule has 0 radical (unpaired) electrons. The van der Waals surface area contributed by atoms with Gasteiger partial charge in [-0.05, 0) is 6.42 Å².